The van der Waals surface area contributed by atoms with E-state index in [0.29, 0.717) is 39.2 Å². The number of hydrogen-bond acceptors (Lipinski definition) is 19. The van der Waals surface area contributed by atoms with Crippen molar-refractivity contribution in [1.29, 1.82) is 0 Å². The van der Waals surface area contributed by atoms with Crippen LogP contribution in [0.1, 0.15) is 157 Å². The second-order valence-electron chi connectivity index (χ2n) is 31.7. The molecule has 115 heavy (non-hydrogen) atoms. The summed E-state index contributed by atoms with van der Waals surface area (Å²) >= 11 is 0. The van der Waals surface area contributed by atoms with Crippen molar-refractivity contribution in [3.05, 3.63) is 109 Å². The van der Waals surface area contributed by atoms with Crippen LogP contribution in [0.4, 0.5) is 0 Å². The Morgan fingerprint density at radius 2 is 0.565 bits per heavy atom. The average Bonchev–Trinajstić information content (AvgIpc) is 1.69. The molecule has 6 rings (SSSR count). The fourth-order valence-corrected chi connectivity index (χ4v) is 12.9. The number of para-hydroxylation sites is 1. The number of aromatic amines is 5. The molecule has 12 amide bonds. The third-order valence-corrected chi connectivity index (χ3v) is 18.8. The van der Waals surface area contributed by atoms with Crippen LogP contribution in [0.2, 0.25) is 0 Å². The highest BCUT2D eigenvalue weighted by atomic mass is 16.4. The van der Waals surface area contributed by atoms with Crippen molar-refractivity contribution in [2.24, 2.45) is 35.5 Å². The normalized spacial score (nSPS) is 15.0. The fourth-order valence-electron chi connectivity index (χ4n) is 12.9. The van der Waals surface area contributed by atoms with Crippen molar-refractivity contribution in [3.63, 3.8) is 0 Å². The van der Waals surface area contributed by atoms with Crippen LogP contribution in [-0.2, 0) is 94.4 Å². The Kier molecular flexibility index (Phi) is 36.6. The molecule has 13 atom stereocenters. The quantitative estimate of drug-likeness (QED) is 0.0245. The van der Waals surface area contributed by atoms with Gasteiger partial charge in [-0.05, 0) is 99.6 Å². The molecule has 0 unspecified atom stereocenters. The Morgan fingerprint density at radius 1 is 0.322 bits per heavy atom. The molecule has 0 saturated heterocycles. The first kappa shape index (κ1) is 92.5. The van der Waals surface area contributed by atoms with Gasteiger partial charge < -0.3 is 104 Å². The molecular weight excluding hydrogens is 1480 g/mol. The number of imidazole rings is 4. The van der Waals surface area contributed by atoms with Gasteiger partial charge in [-0.1, -0.05) is 101 Å². The van der Waals surface area contributed by atoms with Gasteiger partial charge in [-0.3, -0.25) is 62.3 Å². The van der Waals surface area contributed by atoms with Crippen LogP contribution in [0.15, 0.2) is 80.6 Å². The number of aliphatic hydroxyl groups is 1. The van der Waals surface area contributed by atoms with Gasteiger partial charge in [-0.25, -0.2) is 19.9 Å². The lowest BCUT2D eigenvalue weighted by atomic mass is 9.98. The van der Waals surface area contributed by atoms with Crippen molar-refractivity contribution in [2.45, 2.75) is 239 Å². The van der Waals surface area contributed by atoms with Crippen LogP contribution < -0.4 is 69.1 Å². The third kappa shape index (κ3) is 30.5. The molecule has 1 aromatic carbocycles. The summed E-state index contributed by atoms with van der Waals surface area (Å²) in [6, 6.07) is -10.2. The van der Waals surface area contributed by atoms with Gasteiger partial charge in [-0.15, -0.1) is 0 Å². The number of carbonyl (C=O) groups excluding carboxylic acids is 12. The molecule has 0 aliphatic rings. The van der Waals surface area contributed by atoms with Crippen molar-refractivity contribution in [2.75, 3.05) is 13.7 Å². The van der Waals surface area contributed by atoms with Gasteiger partial charge in [0.05, 0.1) is 38.0 Å². The molecule has 0 bridgehead atoms. The highest BCUT2D eigenvalue weighted by Crippen LogP contribution is 2.21. The van der Waals surface area contributed by atoms with Crippen molar-refractivity contribution in [1.82, 2.24) is 114 Å². The summed E-state index contributed by atoms with van der Waals surface area (Å²) in [5.41, 5.74) is 3.11. The number of carboxylic acid groups (broad SMARTS) is 1. The van der Waals surface area contributed by atoms with Crippen LogP contribution in [-0.4, -0.2) is 224 Å². The van der Waals surface area contributed by atoms with Gasteiger partial charge in [0.15, 0.2) is 0 Å². The smallest absolute Gasteiger partial charge is 0.325 e. The number of aliphatic hydroxyl groups excluding tert-OH is 1. The molecule has 0 fully saturated rings. The molecule has 20 N–H and O–H groups in total. The van der Waals surface area contributed by atoms with E-state index in [1.54, 1.807) is 65.3 Å². The Labute approximate surface area is 668 Å². The summed E-state index contributed by atoms with van der Waals surface area (Å²) in [7, 11) is 1.61. The molecular formula is C78H118N22O15. The molecule has 37 nitrogen and oxygen atoms in total. The second-order valence-corrected chi connectivity index (χ2v) is 31.7. The lowest BCUT2D eigenvalue weighted by Crippen LogP contribution is -2.62. The number of carbonyl (C=O) groups is 13. The summed E-state index contributed by atoms with van der Waals surface area (Å²) in [6.45, 7) is 22.0. The van der Waals surface area contributed by atoms with E-state index in [9.17, 15) is 58.2 Å². The van der Waals surface area contributed by atoms with Gasteiger partial charge >= 0.3 is 5.97 Å². The standard InChI is InChI=1S/C78H118N22O15/c1-40(2)19-55(90-66(102)54(79-14)26-48-31-80-36-85-48)68(104)92-59(23-44(9)10)73(109)98-64(29-51-34-83-39-88-51)76(112)100-65(35-101)77(113)95-60(24-45(11)12)71(107)96-61(25-47-30-84-53-18-16-15-17-52(47)53)74(110)99-63(28-50-33-82-38-87-50)75(111)94-57(21-42(5)6)70(106)91-56(20-41(3)4)69(105)93-58(22-43(7)8)72(108)97-62(27-49-32-81-37-86-49)67(103)89-46(13)78(114)115/h15-18,30-34,36-46,54-65,79,84,101H,19-29,35H2,1-14H3,(H,80,85)(H,81,86)(H,82,87)(H,83,88)(H,89,103)(H,90,102)(H,91,106)(H,92,104)(H,93,105)(H,94,111)(H,95,113)(H,96,107)(H,97,108)(H,98,109)(H,99,110)(H,100,112)(H,114,115)/t46-,54-,55-,56-,57-,58-,59-,60-,61-,62-,63-,64-,65-/m0/s1. The van der Waals surface area contributed by atoms with E-state index < -0.39 is 162 Å². The SMILES string of the molecule is CN[C@@H](Cc1cnc[nH]1)C(=O)N[C@@H](CC(C)C)C(=O)N[C@@H](CC(C)C)C(=O)N[C@@H](Cc1cnc[nH]1)C(=O)N[C@@H](CO)C(=O)N[C@@H](CC(C)C)C(=O)N[C@@H](Cc1c[nH]c2ccccc12)C(=O)N[C@@H](Cc1cnc[nH]1)C(=O)N[C@@H](CC(C)C)C(=O)N[C@@H](CC(C)C)C(=O)N[C@@H](CC(C)C)C(=O)N[C@@H](Cc1cnc[nH]1)C(=O)N[C@@H](C)C(=O)O. The van der Waals surface area contributed by atoms with E-state index in [2.05, 4.69) is 114 Å². The summed E-state index contributed by atoms with van der Waals surface area (Å²) in [6.07, 6.45) is 12.9. The fraction of sp³-hybridized carbons (Fsp3) is 0.577. The maximum atomic E-state index is 15.3. The van der Waals surface area contributed by atoms with Gasteiger partial charge in [0, 0.05) is 96.8 Å². The zero-order chi connectivity index (χ0) is 84.8. The Morgan fingerprint density at radius 3 is 0.835 bits per heavy atom. The largest absolute Gasteiger partial charge is 0.480 e. The van der Waals surface area contributed by atoms with Gasteiger partial charge in [0.1, 0.15) is 72.5 Å². The monoisotopic (exact) mass is 1600 g/mol. The zero-order valence-electron chi connectivity index (χ0n) is 68.0. The van der Waals surface area contributed by atoms with E-state index in [-0.39, 0.29) is 106 Å². The molecule has 0 spiro atoms. The zero-order valence-corrected chi connectivity index (χ0v) is 68.0. The van der Waals surface area contributed by atoms with Gasteiger partial charge in [-0.2, -0.15) is 0 Å². The lowest BCUT2D eigenvalue weighted by molar-refractivity contribution is -0.142. The van der Waals surface area contributed by atoms with Gasteiger partial charge in [0.25, 0.3) is 0 Å². The topological polar surface area (TPSA) is 549 Å². The molecule has 0 aliphatic heterocycles. The maximum absolute atomic E-state index is 15.3. The number of nitrogens with zero attached hydrogens (tertiary/aromatic N) is 4. The number of rotatable bonds is 49. The molecule has 630 valence electrons. The number of likely N-dealkylation sites (N-methyl/N-ethyl adjacent to an activating group) is 1. The van der Waals surface area contributed by atoms with Crippen LogP contribution in [0, 0.1) is 35.5 Å². The molecule has 5 heterocycles. The minimum absolute atomic E-state index is 0.0128. The van der Waals surface area contributed by atoms with Gasteiger partial charge in [0.2, 0.25) is 70.9 Å². The molecule has 0 aliphatic carbocycles. The van der Waals surface area contributed by atoms with E-state index in [0.717, 1.165) is 0 Å². The maximum Gasteiger partial charge on any atom is 0.325 e. The number of H-pyrrole nitrogens is 5. The van der Waals surface area contributed by atoms with Crippen molar-refractivity contribution < 1.29 is 72.5 Å². The highest BCUT2D eigenvalue weighted by Gasteiger charge is 2.39. The predicted octanol–water partition coefficient (Wildman–Crippen LogP) is 0.353. The Bertz CT molecular complexity index is 4120. The van der Waals surface area contributed by atoms with Crippen LogP contribution in [0.25, 0.3) is 10.9 Å². The Hall–Kier alpha value is -11.4. The summed E-state index contributed by atoms with van der Waals surface area (Å²) in [4.78, 5) is 217. The number of fused-ring (bicyclic) bond motifs is 1. The van der Waals surface area contributed by atoms with Crippen LogP contribution in [0.5, 0.6) is 0 Å². The van der Waals surface area contributed by atoms with Crippen LogP contribution in [0.3, 0.4) is 0 Å². The van der Waals surface area contributed by atoms with E-state index >= 15 is 14.4 Å². The first-order valence-corrected chi connectivity index (χ1v) is 39.1. The molecule has 0 radical (unpaired) electrons. The van der Waals surface area contributed by atoms with Crippen LogP contribution >= 0.6 is 0 Å². The summed E-state index contributed by atoms with van der Waals surface area (Å²) in [5.74, 6) is -12.3. The van der Waals surface area contributed by atoms with Crippen molar-refractivity contribution >= 4 is 87.8 Å². The number of nitrogens with one attached hydrogen (secondary N) is 18. The average molecular weight is 1600 g/mol. The Balaban J connectivity index is 1.23. The van der Waals surface area contributed by atoms with Crippen molar-refractivity contribution in [3.8, 4) is 0 Å². The predicted molar refractivity (Wildman–Crippen MR) is 424 cm³/mol. The number of amides is 12. The molecule has 37 heteroatoms. The number of hydrogen-bond donors (Lipinski definition) is 20. The highest BCUT2D eigenvalue weighted by molar-refractivity contribution is 6.00. The molecule has 0 saturated carbocycles. The summed E-state index contributed by atoms with van der Waals surface area (Å²) in [5, 5.41) is 56.7. The first-order chi connectivity index (χ1) is 54.5. The lowest BCUT2D eigenvalue weighted by Gasteiger charge is -2.29. The number of aliphatic carboxylic acids is 1. The number of benzene rings is 1. The molecule has 6 aromatic rings. The second kappa shape index (κ2) is 45.5. The minimum Gasteiger partial charge on any atom is -0.480 e. The number of carboxylic acids is 1. The first-order valence-electron chi connectivity index (χ1n) is 39.1. The number of aromatic nitrogens is 9. The van der Waals surface area contributed by atoms with E-state index in [4.69, 9.17) is 0 Å². The van der Waals surface area contributed by atoms with E-state index in [1.165, 1.54) is 50.8 Å². The third-order valence-electron chi connectivity index (χ3n) is 18.8. The molecule has 5 aromatic heterocycles. The minimum atomic E-state index is -1.76. The summed E-state index contributed by atoms with van der Waals surface area (Å²) < 4.78 is 0. The van der Waals surface area contributed by atoms with E-state index in [1.807, 2.05) is 61.5 Å².